The second-order valence-corrected chi connectivity index (χ2v) is 5.43. The average Bonchev–Trinajstić information content (AvgIpc) is 2.65. The molecule has 27 heavy (non-hydrogen) atoms. The molecule has 0 saturated carbocycles. The fourth-order valence-corrected chi connectivity index (χ4v) is 1.71. The van der Waals surface area contributed by atoms with Crippen LogP contribution >= 0.6 is 0 Å². The highest BCUT2D eigenvalue weighted by Crippen LogP contribution is 2.01. The topological polar surface area (TPSA) is 222 Å². The second kappa shape index (κ2) is 12.5. The maximum absolute atomic E-state index is 10.6. The first-order chi connectivity index (χ1) is 12.9. The Morgan fingerprint density at radius 2 is 1.63 bits per heavy atom. The van der Waals surface area contributed by atoms with Crippen LogP contribution in [0.5, 0.6) is 0 Å². The fourth-order valence-electron chi connectivity index (χ4n) is 1.71. The third-order valence-corrected chi connectivity index (χ3v) is 3.34. The van der Waals surface area contributed by atoms with E-state index in [1.807, 2.05) is 0 Å². The van der Waals surface area contributed by atoms with Crippen LogP contribution in [0.4, 0.5) is 0 Å². The average molecular weight is 390 g/mol. The molecule has 0 spiro atoms. The van der Waals surface area contributed by atoms with Crippen LogP contribution in [0.2, 0.25) is 0 Å². The van der Waals surface area contributed by atoms with E-state index in [1.165, 1.54) is 24.3 Å². The number of hydrogen-bond donors (Lipinski definition) is 9. The molecule has 12 heteroatoms. The van der Waals surface area contributed by atoms with Gasteiger partial charge < -0.3 is 46.4 Å². The molecule has 0 radical (unpaired) electrons. The molecule has 0 saturated heterocycles. The van der Waals surface area contributed by atoms with E-state index in [0.29, 0.717) is 11.0 Å². The van der Waals surface area contributed by atoms with Gasteiger partial charge in [-0.2, -0.15) is 0 Å². The monoisotopic (exact) mass is 390 g/mol. The number of aliphatic hydroxyl groups excluding tert-OH is 5. The third-order valence-electron chi connectivity index (χ3n) is 3.34. The van der Waals surface area contributed by atoms with Gasteiger partial charge >= 0.3 is 13.1 Å². The van der Waals surface area contributed by atoms with Crippen LogP contribution < -0.4 is 11.2 Å². The van der Waals surface area contributed by atoms with Crippen molar-refractivity contribution in [3.63, 3.8) is 0 Å². The largest absolute Gasteiger partial charge is 0.488 e. The lowest BCUT2D eigenvalue weighted by Gasteiger charge is -2.19. The van der Waals surface area contributed by atoms with Gasteiger partial charge in [0.15, 0.2) is 5.78 Å². The van der Waals surface area contributed by atoms with E-state index >= 15 is 0 Å². The molecule has 4 atom stereocenters. The van der Waals surface area contributed by atoms with Gasteiger partial charge in [0.2, 0.25) is 0 Å². The van der Waals surface area contributed by atoms with E-state index in [1.54, 1.807) is 0 Å². The molecule has 0 unspecified atom stereocenters. The van der Waals surface area contributed by atoms with E-state index < -0.39 is 56.4 Å². The van der Waals surface area contributed by atoms with E-state index in [4.69, 9.17) is 47.8 Å². The van der Waals surface area contributed by atoms with Gasteiger partial charge in [-0.05, 0) is 17.4 Å². The lowest BCUT2D eigenvalue weighted by atomic mass is 9.80. The molecule has 1 aromatic rings. The molecule has 0 aliphatic carbocycles. The summed E-state index contributed by atoms with van der Waals surface area (Å²) in [6, 6.07) is 3.83. The van der Waals surface area contributed by atoms with E-state index in [0.717, 1.165) is 0 Å². The predicted molar refractivity (Wildman–Crippen MR) is 92.8 cm³/mol. The molecular formula is C15H24BNO10. The number of ketones is 1. The van der Waals surface area contributed by atoms with Gasteiger partial charge in [-0.15, -0.1) is 0 Å². The van der Waals surface area contributed by atoms with Crippen molar-refractivity contribution in [1.29, 1.82) is 0 Å². The first kappa shape index (κ1) is 23.1. The number of benzene rings is 1. The first-order valence-electron chi connectivity index (χ1n) is 8.13. The smallest absolute Gasteiger partial charge is 0.480 e. The zero-order chi connectivity index (χ0) is 22.1. The summed E-state index contributed by atoms with van der Waals surface area (Å²) >= 11 is 0. The summed E-state index contributed by atoms with van der Waals surface area (Å²) in [6.45, 7) is -1.69. The Labute approximate surface area is 156 Å². The number of aliphatic hydroxyl groups is 5. The number of rotatable bonds is 9. The van der Waals surface area contributed by atoms with Gasteiger partial charge in [0.25, 0.3) is 0 Å². The molecule has 0 aliphatic heterocycles. The minimum atomic E-state index is -2.07. The van der Waals surface area contributed by atoms with E-state index in [2.05, 4.69) is 0 Å². The van der Waals surface area contributed by atoms with Crippen LogP contribution in [-0.4, -0.2) is 97.1 Å². The Morgan fingerprint density at radius 3 is 2.00 bits per heavy atom. The standard InChI is InChI=1S/C9H12BNO4.C6H12O6/c11-8(9(12)13)5-6-1-3-7(4-2-6)10(14)15;7-1-3(9)5(11)6(12)4(10)2-8/h1-4,8,14-15H,5,11H2,(H,12,13);3,5-9,11-12H,1-2H2/t8-;3-,5-,6-/m01/s1/i8D;. The zero-order valence-electron chi connectivity index (χ0n) is 15.2. The zero-order valence-corrected chi connectivity index (χ0v) is 14.2. The van der Waals surface area contributed by atoms with Gasteiger partial charge in [0.1, 0.15) is 30.9 Å². The van der Waals surface area contributed by atoms with Crippen molar-refractivity contribution < 1.29 is 51.6 Å². The normalized spacial score (nSPS) is 16.7. The molecule has 1 rings (SSSR count). The molecule has 0 heterocycles. The van der Waals surface area contributed by atoms with Crippen LogP contribution in [0, 0.1) is 0 Å². The summed E-state index contributed by atoms with van der Waals surface area (Å²) in [7, 11) is -1.56. The maximum Gasteiger partial charge on any atom is 0.488 e. The van der Waals surface area contributed by atoms with Crippen LogP contribution in [0.15, 0.2) is 24.3 Å². The minimum Gasteiger partial charge on any atom is -0.480 e. The van der Waals surface area contributed by atoms with E-state index in [9.17, 15) is 9.59 Å². The molecule has 11 nitrogen and oxygen atoms in total. The number of Topliss-reactive ketones (excluding diaryl/α,β-unsaturated/α-hetero) is 1. The number of hydrogen-bond acceptors (Lipinski definition) is 10. The van der Waals surface area contributed by atoms with Crippen molar-refractivity contribution >= 4 is 24.3 Å². The molecule has 0 aliphatic rings. The SMILES string of the molecule is O=C(CO)[C@@H](O)[C@H](O)[C@H](O)CO.[2H][C@](N)(Cc1ccc(B(O)O)cc1)C(=O)O. The van der Waals surface area contributed by atoms with E-state index in [-0.39, 0.29) is 6.42 Å². The van der Waals surface area contributed by atoms with Crippen molar-refractivity contribution in [1.82, 2.24) is 0 Å². The predicted octanol–water partition coefficient (Wildman–Crippen LogP) is -5.06. The van der Waals surface area contributed by atoms with Gasteiger partial charge in [0, 0.05) is 0 Å². The lowest BCUT2D eigenvalue weighted by molar-refractivity contribution is -0.142. The van der Waals surface area contributed by atoms with Gasteiger partial charge in [-0.1, -0.05) is 24.3 Å². The summed E-state index contributed by atoms with van der Waals surface area (Å²) in [5.41, 5.74) is 6.10. The van der Waals surface area contributed by atoms with Gasteiger partial charge in [-0.25, -0.2) is 0 Å². The molecule has 1 aromatic carbocycles. The van der Waals surface area contributed by atoms with Crippen LogP contribution in [0.3, 0.4) is 0 Å². The van der Waals surface area contributed by atoms with Gasteiger partial charge in [0.05, 0.1) is 7.98 Å². The number of carboxylic acid groups (broad SMARTS) is 1. The lowest BCUT2D eigenvalue weighted by Crippen LogP contribution is -2.44. The van der Waals surface area contributed by atoms with Crippen LogP contribution in [-0.2, 0) is 16.0 Å². The van der Waals surface area contributed by atoms with Crippen molar-refractivity contribution in [2.75, 3.05) is 13.2 Å². The minimum absolute atomic E-state index is 0.149. The molecule has 0 aromatic heterocycles. The number of aliphatic carboxylic acids is 1. The molecule has 152 valence electrons. The quantitative estimate of drug-likeness (QED) is 0.181. The molecule has 0 fully saturated rings. The van der Waals surface area contributed by atoms with Gasteiger partial charge in [-0.3, -0.25) is 9.59 Å². The summed E-state index contributed by atoms with van der Waals surface area (Å²) in [4.78, 5) is 21.1. The third kappa shape index (κ3) is 9.04. The van der Waals surface area contributed by atoms with Crippen molar-refractivity contribution in [2.45, 2.75) is 30.8 Å². The summed E-state index contributed by atoms with van der Waals surface area (Å²) < 4.78 is 7.34. The Balaban J connectivity index is 0.000000546. The molecule has 0 amide bonds. The van der Waals surface area contributed by atoms with Crippen LogP contribution in [0.1, 0.15) is 6.93 Å². The molecule has 10 N–H and O–H groups in total. The van der Waals surface area contributed by atoms with Crippen molar-refractivity contribution in [2.24, 2.45) is 5.73 Å². The summed E-state index contributed by atoms with van der Waals surface area (Å²) in [5.74, 6) is -2.41. The highest BCUT2D eigenvalue weighted by Gasteiger charge is 2.28. The number of carbonyl (C=O) groups is 2. The summed E-state index contributed by atoms with van der Waals surface area (Å²) in [5, 5.41) is 69.4. The number of carbonyl (C=O) groups excluding carboxylic acids is 1. The van der Waals surface area contributed by atoms with Crippen LogP contribution in [0.25, 0.3) is 0 Å². The highest BCUT2D eigenvalue weighted by molar-refractivity contribution is 6.58. The Kier molecular flexibility index (Phi) is 10.7. The molecule has 0 bridgehead atoms. The second-order valence-electron chi connectivity index (χ2n) is 5.43. The van der Waals surface area contributed by atoms with Crippen molar-refractivity contribution in [3.05, 3.63) is 29.8 Å². The fraction of sp³-hybridized carbons (Fsp3) is 0.467. The first-order valence-corrected chi connectivity index (χ1v) is 7.63. The Morgan fingerprint density at radius 1 is 1.11 bits per heavy atom. The van der Waals surface area contributed by atoms with Crippen molar-refractivity contribution in [3.8, 4) is 0 Å². The highest BCUT2D eigenvalue weighted by atomic mass is 16.4. The Hall–Kier alpha value is -1.90. The Bertz CT molecular complexity index is 628. The number of nitrogens with two attached hydrogens (primary N) is 1. The summed E-state index contributed by atoms with van der Waals surface area (Å²) in [6.07, 6.45) is -5.37. The molecular weight excluding hydrogens is 365 g/mol. The number of carboxylic acids is 1. The maximum atomic E-state index is 10.6.